The third kappa shape index (κ3) is 2.13. The Labute approximate surface area is 93.4 Å². The minimum absolute atomic E-state index is 0.101. The van der Waals surface area contributed by atoms with Crippen LogP contribution in [0.3, 0.4) is 0 Å². The lowest BCUT2D eigenvalue weighted by atomic mass is 10.3. The second-order valence-corrected chi connectivity index (χ2v) is 3.48. The SMILES string of the molecule is FC(F)(F)c1nc(=S)cc(-c2ccc[nH]2)[nH]1. The minimum Gasteiger partial charge on any atom is -0.360 e. The summed E-state index contributed by atoms with van der Waals surface area (Å²) in [5.74, 6) is -1.09. The standard InChI is InChI=1S/C9H6F3N3S/c10-9(11,12)8-14-6(4-7(16)15-8)5-2-1-3-13-5/h1-4,13H,(H,14,15,16). The average molecular weight is 245 g/mol. The topological polar surface area (TPSA) is 44.5 Å². The molecule has 0 amide bonds. The molecule has 16 heavy (non-hydrogen) atoms. The first kappa shape index (κ1) is 10.9. The molecule has 84 valence electrons. The van der Waals surface area contributed by atoms with Crippen molar-refractivity contribution >= 4 is 12.2 Å². The van der Waals surface area contributed by atoms with Crippen LogP contribution in [-0.2, 0) is 6.18 Å². The van der Waals surface area contributed by atoms with Crippen LogP contribution in [0.2, 0.25) is 0 Å². The van der Waals surface area contributed by atoms with E-state index in [1.54, 1.807) is 18.3 Å². The number of rotatable bonds is 1. The van der Waals surface area contributed by atoms with Crippen molar-refractivity contribution in [1.29, 1.82) is 0 Å². The van der Waals surface area contributed by atoms with E-state index in [0.29, 0.717) is 5.69 Å². The van der Waals surface area contributed by atoms with Gasteiger partial charge in [0, 0.05) is 12.3 Å². The van der Waals surface area contributed by atoms with Crippen LogP contribution in [0.1, 0.15) is 5.82 Å². The molecule has 2 heterocycles. The van der Waals surface area contributed by atoms with Crippen LogP contribution in [0.5, 0.6) is 0 Å². The normalized spacial score (nSPS) is 11.7. The third-order valence-electron chi connectivity index (χ3n) is 1.90. The summed E-state index contributed by atoms with van der Waals surface area (Å²) in [6.07, 6.45) is -2.92. The Morgan fingerprint density at radius 2 is 2.00 bits per heavy atom. The van der Waals surface area contributed by atoms with E-state index in [1.165, 1.54) is 6.07 Å². The number of halogens is 3. The summed E-state index contributed by atoms with van der Waals surface area (Å²) in [6.45, 7) is 0. The third-order valence-corrected chi connectivity index (χ3v) is 2.11. The van der Waals surface area contributed by atoms with Gasteiger partial charge in [-0.25, -0.2) is 4.98 Å². The number of nitrogens with zero attached hydrogens (tertiary/aromatic N) is 1. The van der Waals surface area contributed by atoms with Gasteiger partial charge in [-0.1, -0.05) is 12.2 Å². The molecule has 0 aliphatic carbocycles. The fourth-order valence-corrected chi connectivity index (χ4v) is 1.44. The van der Waals surface area contributed by atoms with Gasteiger partial charge in [-0.3, -0.25) is 0 Å². The number of H-pyrrole nitrogens is 2. The van der Waals surface area contributed by atoms with Gasteiger partial charge in [0.15, 0.2) is 0 Å². The van der Waals surface area contributed by atoms with Crippen LogP contribution < -0.4 is 0 Å². The molecule has 0 aromatic carbocycles. The van der Waals surface area contributed by atoms with Crippen LogP contribution in [0.4, 0.5) is 13.2 Å². The summed E-state index contributed by atoms with van der Waals surface area (Å²) < 4.78 is 37.2. The molecule has 0 atom stereocenters. The molecule has 0 radical (unpaired) electrons. The van der Waals surface area contributed by atoms with Crippen molar-refractivity contribution in [2.24, 2.45) is 0 Å². The van der Waals surface area contributed by atoms with E-state index < -0.39 is 12.0 Å². The second-order valence-electron chi connectivity index (χ2n) is 3.06. The summed E-state index contributed by atoms with van der Waals surface area (Å²) >= 11 is 4.68. The highest BCUT2D eigenvalue weighted by atomic mass is 32.1. The molecule has 2 aromatic heterocycles. The number of nitrogens with one attached hydrogen (secondary N) is 2. The molecule has 0 saturated heterocycles. The number of alkyl halides is 3. The van der Waals surface area contributed by atoms with Crippen molar-refractivity contribution in [3.63, 3.8) is 0 Å². The fourth-order valence-electron chi connectivity index (χ4n) is 1.23. The molecule has 0 fully saturated rings. The van der Waals surface area contributed by atoms with Crippen LogP contribution >= 0.6 is 12.2 Å². The molecule has 0 aliphatic rings. The number of hydrogen-bond acceptors (Lipinski definition) is 2. The number of aromatic nitrogens is 3. The summed E-state index contributed by atoms with van der Waals surface area (Å²) in [5.41, 5.74) is 0.788. The van der Waals surface area contributed by atoms with Crippen LogP contribution in [-0.4, -0.2) is 15.0 Å². The first-order valence-electron chi connectivity index (χ1n) is 4.29. The summed E-state index contributed by atoms with van der Waals surface area (Å²) in [6, 6.07) is 4.69. The predicted octanol–water partition coefficient (Wildman–Crippen LogP) is 3.15. The molecule has 2 N–H and O–H groups in total. The molecule has 2 aromatic rings. The lowest BCUT2D eigenvalue weighted by Gasteiger charge is -2.07. The summed E-state index contributed by atoms with van der Waals surface area (Å²) in [4.78, 5) is 8.22. The molecule has 0 bridgehead atoms. The maximum Gasteiger partial charge on any atom is 0.449 e. The zero-order valence-corrected chi connectivity index (χ0v) is 8.62. The van der Waals surface area contributed by atoms with E-state index in [4.69, 9.17) is 0 Å². The predicted molar refractivity (Wildman–Crippen MR) is 54.2 cm³/mol. The fraction of sp³-hybridized carbons (Fsp3) is 0.111. The van der Waals surface area contributed by atoms with Gasteiger partial charge in [0.05, 0.1) is 11.4 Å². The Morgan fingerprint density at radius 1 is 1.25 bits per heavy atom. The number of aromatic amines is 2. The zero-order chi connectivity index (χ0) is 11.8. The van der Waals surface area contributed by atoms with E-state index >= 15 is 0 Å². The van der Waals surface area contributed by atoms with Gasteiger partial charge in [-0.2, -0.15) is 13.2 Å². The van der Waals surface area contributed by atoms with Crippen molar-refractivity contribution in [2.75, 3.05) is 0 Å². The van der Waals surface area contributed by atoms with E-state index in [-0.39, 0.29) is 10.3 Å². The quantitative estimate of drug-likeness (QED) is 0.758. The molecule has 0 aliphatic heterocycles. The monoisotopic (exact) mass is 245 g/mol. The first-order chi connectivity index (χ1) is 7.47. The van der Waals surface area contributed by atoms with E-state index in [9.17, 15) is 13.2 Å². The Morgan fingerprint density at radius 3 is 2.56 bits per heavy atom. The van der Waals surface area contributed by atoms with Crippen molar-refractivity contribution < 1.29 is 13.2 Å². The number of hydrogen-bond donors (Lipinski definition) is 2. The maximum absolute atomic E-state index is 12.4. The van der Waals surface area contributed by atoms with Crippen LogP contribution in [0.15, 0.2) is 24.4 Å². The average Bonchev–Trinajstić information content (AvgIpc) is 2.68. The van der Waals surface area contributed by atoms with Gasteiger partial charge in [-0.15, -0.1) is 0 Å². The minimum atomic E-state index is -4.53. The van der Waals surface area contributed by atoms with Gasteiger partial charge in [0.25, 0.3) is 0 Å². The zero-order valence-electron chi connectivity index (χ0n) is 7.80. The molecule has 2 rings (SSSR count). The molecule has 3 nitrogen and oxygen atoms in total. The highest BCUT2D eigenvalue weighted by Gasteiger charge is 2.34. The molecule has 0 spiro atoms. The van der Waals surface area contributed by atoms with E-state index in [1.807, 2.05) is 0 Å². The molecule has 7 heteroatoms. The maximum atomic E-state index is 12.4. The van der Waals surface area contributed by atoms with Gasteiger partial charge >= 0.3 is 6.18 Å². The Hall–Kier alpha value is -1.63. The lowest BCUT2D eigenvalue weighted by molar-refractivity contribution is -0.144. The van der Waals surface area contributed by atoms with Gasteiger partial charge < -0.3 is 9.97 Å². The first-order valence-corrected chi connectivity index (χ1v) is 4.70. The van der Waals surface area contributed by atoms with Crippen molar-refractivity contribution in [3.8, 4) is 11.4 Å². The Bertz CT molecular complexity index is 542. The second kappa shape index (κ2) is 3.75. The van der Waals surface area contributed by atoms with E-state index in [0.717, 1.165) is 0 Å². The summed E-state index contributed by atoms with van der Waals surface area (Å²) in [5, 5.41) is 0. The smallest absolute Gasteiger partial charge is 0.360 e. The van der Waals surface area contributed by atoms with Crippen LogP contribution in [0.25, 0.3) is 11.4 Å². The molecular weight excluding hydrogens is 239 g/mol. The van der Waals surface area contributed by atoms with Gasteiger partial charge in [0.2, 0.25) is 5.82 Å². The van der Waals surface area contributed by atoms with Gasteiger partial charge in [0.1, 0.15) is 4.64 Å². The summed E-state index contributed by atoms with van der Waals surface area (Å²) in [7, 11) is 0. The largest absolute Gasteiger partial charge is 0.449 e. The lowest BCUT2D eigenvalue weighted by Crippen LogP contribution is -2.11. The van der Waals surface area contributed by atoms with Crippen molar-refractivity contribution in [2.45, 2.75) is 6.18 Å². The Kier molecular flexibility index (Phi) is 2.55. The van der Waals surface area contributed by atoms with Gasteiger partial charge in [-0.05, 0) is 12.1 Å². The highest BCUT2D eigenvalue weighted by Crippen LogP contribution is 2.27. The molecular formula is C9H6F3N3S. The Balaban J connectivity index is 2.57. The highest BCUT2D eigenvalue weighted by molar-refractivity contribution is 7.71. The molecule has 0 saturated carbocycles. The molecule has 0 unspecified atom stereocenters. The van der Waals surface area contributed by atoms with Crippen molar-refractivity contribution in [1.82, 2.24) is 15.0 Å². The van der Waals surface area contributed by atoms with Crippen LogP contribution in [0, 0.1) is 4.64 Å². The van der Waals surface area contributed by atoms with Crippen molar-refractivity contribution in [3.05, 3.63) is 34.9 Å². The van der Waals surface area contributed by atoms with E-state index in [2.05, 4.69) is 27.2 Å².